The van der Waals surface area contributed by atoms with Gasteiger partial charge in [-0.2, -0.15) is 5.10 Å². The number of sulfonamides is 1. The second-order valence-electron chi connectivity index (χ2n) is 4.92. The van der Waals surface area contributed by atoms with E-state index in [4.69, 9.17) is 10.8 Å². The molecular weight excluding hydrogens is 268 g/mol. The molecule has 1 atom stereocenters. The van der Waals surface area contributed by atoms with E-state index in [0.717, 1.165) is 0 Å². The molecule has 4 N–H and O–H groups in total. The second kappa shape index (κ2) is 5.48. The molecule has 0 aliphatic heterocycles. The fourth-order valence-corrected chi connectivity index (χ4v) is 3.70. The first-order valence-electron chi connectivity index (χ1n) is 6.11. The van der Waals surface area contributed by atoms with Gasteiger partial charge in [0, 0.05) is 19.2 Å². The van der Waals surface area contributed by atoms with Gasteiger partial charge in [0.05, 0.1) is 5.69 Å². The van der Waals surface area contributed by atoms with Crippen molar-refractivity contribution in [1.82, 2.24) is 14.5 Å². The summed E-state index contributed by atoms with van der Waals surface area (Å²) in [5.41, 5.74) is 5.44. The van der Waals surface area contributed by atoms with Crippen LogP contribution in [-0.2, 0) is 17.1 Å². The van der Waals surface area contributed by atoms with Crippen LogP contribution in [0.2, 0.25) is 0 Å². The summed E-state index contributed by atoms with van der Waals surface area (Å²) in [5, 5.41) is 12.9. The van der Waals surface area contributed by atoms with Crippen molar-refractivity contribution in [3.63, 3.8) is 0 Å². The summed E-state index contributed by atoms with van der Waals surface area (Å²) in [6, 6.07) is 0. The molecule has 8 heteroatoms. The summed E-state index contributed by atoms with van der Waals surface area (Å²) >= 11 is 0. The van der Waals surface area contributed by atoms with Crippen molar-refractivity contribution < 1.29 is 13.5 Å². The minimum Gasteiger partial charge on any atom is -0.396 e. The molecule has 0 radical (unpaired) electrons. The summed E-state index contributed by atoms with van der Waals surface area (Å²) in [6.45, 7) is 5.17. The number of aromatic nitrogens is 2. The highest BCUT2D eigenvalue weighted by Crippen LogP contribution is 2.24. The summed E-state index contributed by atoms with van der Waals surface area (Å²) in [6.07, 6.45) is 0.897. The molecule has 7 nitrogen and oxygen atoms in total. The van der Waals surface area contributed by atoms with Gasteiger partial charge in [0.1, 0.15) is 4.90 Å². The molecule has 0 aliphatic rings. The average molecular weight is 290 g/mol. The summed E-state index contributed by atoms with van der Waals surface area (Å²) in [5.74, 6) is -0.0186. The number of nitrogens with zero attached hydrogens (tertiary/aromatic N) is 2. The van der Waals surface area contributed by atoms with Gasteiger partial charge in [-0.3, -0.25) is 4.68 Å². The molecule has 0 bridgehead atoms. The van der Waals surface area contributed by atoms with Crippen LogP contribution in [0.3, 0.4) is 0 Å². The molecule has 0 aliphatic carbocycles. The summed E-state index contributed by atoms with van der Waals surface area (Å²) in [7, 11) is -2.13. The molecule has 0 aromatic carbocycles. The minimum atomic E-state index is -3.76. The SMILES string of the molecule is CCC(C)(CCO)NS(=O)(=O)c1c(N)nn(C)c1C. The van der Waals surface area contributed by atoms with Crippen molar-refractivity contribution >= 4 is 15.8 Å². The normalized spacial score (nSPS) is 15.4. The maximum atomic E-state index is 12.4. The fraction of sp³-hybridized carbons (Fsp3) is 0.727. The van der Waals surface area contributed by atoms with Gasteiger partial charge in [0.2, 0.25) is 10.0 Å². The van der Waals surface area contributed by atoms with Crippen molar-refractivity contribution in [3.8, 4) is 0 Å². The predicted octanol–water partition coefficient (Wildman–Crippen LogP) is 0.140. The van der Waals surface area contributed by atoms with Crippen LogP contribution in [0.15, 0.2) is 4.90 Å². The van der Waals surface area contributed by atoms with E-state index in [1.807, 2.05) is 6.92 Å². The number of hydrogen-bond donors (Lipinski definition) is 3. The number of nitrogens with two attached hydrogens (primary N) is 1. The Morgan fingerprint density at radius 2 is 2.11 bits per heavy atom. The number of aliphatic hydroxyl groups excluding tert-OH is 1. The van der Waals surface area contributed by atoms with E-state index < -0.39 is 15.6 Å². The third-order valence-corrected chi connectivity index (χ3v) is 5.20. The quantitative estimate of drug-likeness (QED) is 0.690. The smallest absolute Gasteiger partial charge is 0.246 e. The summed E-state index contributed by atoms with van der Waals surface area (Å²) < 4.78 is 28.9. The van der Waals surface area contributed by atoms with Crippen LogP contribution < -0.4 is 10.5 Å². The number of aliphatic hydroxyl groups is 1. The van der Waals surface area contributed by atoms with Crippen molar-refractivity contribution in [2.24, 2.45) is 7.05 Å². The Labute approximate surface area is 113 Å². The van der Waals surface area contributed by atoms with Crippen molar-refractivity contribution in [2.75, 3.05) is 12.3 Å². The lowest BCUT2D eigenvalue weighted by Gasteiger charge is -2.28. The van der Waals surface area contributed by atoms with E-state index in [2.05, 4.69) is 9.82 Å². The molecule has 1 heterocycles. The van der Waals surface area contributed by atoms with Crippen LogP contribution in [0.1, 0.15) is 32.4 Å². The Morgan fingerprint density at radius 1 is 1.53 bits per heavy atom. The molecule has 1 aromatic heterocycles. The van der Waals surface area contributed by atoms with Gasteiger partial charge in [-0.15, -0.1) is 0 Å². The molecule has 0 saturated carbocycles. The van der Waals surface area contributed by atoms with Crippen LogP contribution in [-0.4, -0.2) is 35.5 Å². The third kappa shape index (κ3) is 3.26. The zero-order valence-corrected chi connectivity index (χ0v) is 12.6. The predicted molar refractivity (Wildman–Crippen MR) is 73.1 cm³/mol. The van der Waals surface area contributed by atoms with E-state index in [0.29, 0.717) is 18.5 Å². The van der Waals surface area contributed by atoms with Gasteiger partial charge in [-0.25, -0.2) is 13.1 Å². The van der Waals surface area contributed by atoms with E-state index in [9.17, 15) is 8.42 Å². The molecule has 0 spiro atoms. The Morgan fingerprint density at radius 3 is 2.47 bits per heavy atom. The number of rotatable bonds is 6. The van der Waals surface area contributed by atoms with Gasteiger partial charge >= 0.3 is 0 Å². The lowest BCUT2D eigenvalue weighted by Crippen LogP contribution is -2.46. The van der Waals surface area contributed by atoms with Crippen LogP contribution in [0, 0.1) is 6.92 Å². The zero-order chi connectivity index (χ0) is 14.8. The van der Waals surface area contributed by atoms with E-state index >= 15 is 0 Å². The first kappa shape index (κ1) is 15.9. The Kier molecular flexibility index (Phi) is 4.59. The maximum absolute atomic E-state index is 12.4. The van der Waals surface area contributed by atoms with Gasteiger partial charge < -0.3 is 10.8 Å². The highest BCUT2D eigenvalue weighted by molar-refractivity contribution is 7.89. The van der Waals surface area contributed by atoms with Gasteiger partial charge in [0.15, 0.2) is 5.82 Å². The lowest BCUT2D eigenvalue weighted by molar-refractivity contribution is 0.233. The van der Waals surface area contributed by atoms with Crippen LogP contribution in [0.4, 0.5) is 5.82 Å². The highest BCUT2D eigenvalue weighted by Gasteiger charge is 2.32. The van der Waals surface area contributed by atoms with Crippen LogP contribution in [0.25, 0.3) is 0 Å². The molecule has 0 fully saturated rings. The van der Waals surface area contributed by atoms with E-state index in [1.54, 1.807) is 20.9 Å². The largest absolute Gasteiger partial charge is 0.396 e. The lowest BCUT2D eigenvalue weighted by atomic mass is 9.97. The van der Waals surface area contributed by atoms with Gasteiger partial charge in [-0.1, -0.05) is 6.92 Å². The first-order chi connectivity index (χ1) is 8.67. The molecule has 19 heavy (non-hydrogen) atoms. The Hall–Kier alpha value is -1.12. The zero-order valence-electron chi connectivity index (χ0n) is 11.8. The molecule has 0 saturated heterocycles. The molecule has 0 amide bonds. The average Bonchev–Trinajstić information content (AvgIpc) is 2.53. The van der Waals surface area contributed by atoms with Crippen molar-refractivity contribution in [1.29, 1.82) is 0 Å². The number of aryl methyl sites for hydroxylation is 1. The molecule has 1 aromatic rings. The van der Waals surface area contributed by atoms with Crippen LogP contribution in [0.5, 0.6) is 0 Å². The number of hydrogen-bond acceptors (Lipinski definition) is 5. The van der Waals surface area contributed by atoms with Gasteiger partial charge in [-0.05, 0) is 26.7 Å². The number of nitrogen functional groups attached to an aromatic ring is 1. The molecule has 110 valence electrons. The van der Waals surface area contributed by atoms with Crippen molar-refractivity contribution in [2.45, 2.75) is 44.0 Å². The Balaban J connectivity index is 3.18. The molecular formula is C11H22N4O3S. The topological polar surface area (TPSA) is 110 Å². The maximum Gasteiger partial charge on any atom is 0.246 e. The molecule has 1 rings (SSSR count). The second-order valence-corrected chi connectivity index (χ2v) is 6.54. The highest BCUT2D eigenvalue weighted by atomic mass is 32.2. The van der Waals surface area contributed by atoms with Gasteiger partial charge in [0.25, 0.3) is 0 Å². The summed E-state index contributed by atoms with van der Waals surface area (Å²) in [4.78, 5) is 0.00705. The van der Waals surface area contributed by atoms with E-state index in [-0.39, 0.29) is 17.3 Å². The number of anilines is 1. The first-order valence-corrected chi connectivity index (χ1v) is 7.59. The van der Waals surface area contributed by atoms with Crippen molar-refractivity contribution in [3.05, 3.63) is 5.69 Å². The molecule has 1 unspecified atom stereocenters. The Bertz CT molecular complexity index is 553. The third-order valence-electron chi connectivity index (χ3n) is 3.40. The standard InChI is InChI=1S/C11H22N4O3S/c1-5-11(3,6-7-16)14-19(17,18)9-8(2)15(4)13-10(9)12/h14,16H,5-7H2,1-4H3,(H2,12,13). The minimum absolute atomic E-state index is 0.00705. The number of nitrogens with one attached hydrogen (secondary N) is 1. The monoisotopic (exact) mass is 290 g/mol. The van der Waals surface area contributed by atoms with Crippen LogP contribution >= 0.6 is 0 Å². The fourth-order valence-electron chi connectivity index (χ4n) is 1.87. The van der Waals surface area contributed by atoms with E-state index in [1.165, 1.54) is 4.68 Å².